The Morgan fingerprint density at radius 1 is 1.09 bits per heavy atom. The Bertz CT molecular complexity index is 967. The van der Waals surface area contributed by atoms with Gasteiger partial charge < -0.3 is 24.7 Å². The van der Waals surface area contributed by atoms with Gasteiger partial charge in [0.05, 0.1) is 17.3 Å². The highest BCUT2D eigenvalue weighted by atomic mass is 35.5. The predicted molar refractivity (Wildman–Crippen MR) is 136 cm³/mol. The number of carbonyl (C=O) groups excluding carboxylic acids is 2. The summed E-state index contributed by atoms with van der Waals surface area (Å²) in [5.41, 5.74) is 0.298. The molecular formula is C26H33ClN2O6. The van der Waals surface area contributed by atoms with Crippen LogP contribution in [0.4, 0.5) is 0 Å². The SMILES string of the molecule is C=CCC/C=C/C(Cc1c(Cl)c(O)cc(O)c1C(=O)OCCC=C)=N/OCC(=O)N1CCCCC1. The Morgan fingerprint density at radius 2 is 1.80 bits per heavy atom. The van der Waals surface area contributed by atoms with Gasteiger partial charge in [-0.2, -0.15) is 0 Å². The zero-order chi connectivity index (χ0) is 25.6. The van der Waals surface area contributed by atoms with Crippen molar-refractivity contribution in [3.05, 3.63) is 59.7 Å². The summed E-state index contributed by atoms with van der Waals surface area (Å²) in [6.07, 6.45) is 11.7. The summed E-state index contributed by atoms with van der Waals surface area (Å²) in [7, 11) is 0. The first-order valence-electron chi connectivity index (χ1n) is 11.6. The molecule has 2 N–H and O–H groups in total. The highest BCUT2D eigenvalue weighted by molar-refractivity contribution is 6.33. The van der Waals surface area contributed by atoms with E-state index in [1.165, 1.54) is 0 Å². The summed E-state index contributed by atoms with van der Waals surface area (Å²) < 4.78 is 5.20. The molecule has 0 aromatic heterocycles. The average Bonchev–Trinajstić information content (AvgIpc) is 2.85. The number of rotatable bonds is 13. The first-order valence-corrected chi connectivity index (χ1v) is 12.0. The molecule has 9 heteroatoms. The zero-order valence-corrected chi connectivity index (χ0v) is 20.6. The number of benzene rings is 1. The lowest BCUT2D eigenvalue weighted by molar-refractivity contribution is -0.137. The number of amides is 1. The van der Waals surface area contributed by atoms with Gasteiger partial charge in [-0.05, 0) is 50.2 Å². The molecule has 1 aliphatic rings. The maximum atomic E-state index is 12.7. The number of oxime groups is 1. The fourth-order valence-corrected chi connectivity index (χ4v) is 3.74. The molecule has 1 amide bonds. The van der Waals surface area contributed by atoms with Crippen LogP contribution in [0.1, 0.15) is 54.4 Å². The third kappa shape index (κ3) is 8.79. The number of phenols is 2. The first kappa shape index (κ1) is 28.0. The van der Waals surface area contributed by atoms with E-state index in [-0.39, 0.29) is 41.7 Å². The molecule has 1 heterocycles. The molecule has 1 aromatic carbocycles. The Morgan fingerprint density at radius 3 is 2.49 bits per heavy atom. The van der Waals surface area contributed by atoms with Crippen LogP contribution in [0.15, 0.2) is 48.7 Å². The van der Waals surface area contributed by atoms with Crippen LogP contribution >= 0.6 is 11.6 Å². The van der Waals surface area contributed by atoms with Gasteiger partial charge in [0, 0.05) is 25.6 Å². The van der Waals surface area contributed by atoms with Gasteiger partial charge in [0.15, 0.2) is 6.61 Å². The molecule has 1 saturated heterocycles. The van der Waals surface area contributed by atoms with Crippen molar-refractivity contribution < 1.29 is 29.4 Å². The van der Waals surface area contributed by atoms with Crippen molar-refractivity contribution in [1.82, 2.24) is 4.90 Å². The van der Waals surface area contributed by atoms with Gasteiger partial charge in [-0.15, -0.1) is 13.2 Å². The van der Waals surface area contributed by atoms with Gasteiger partial charge >= 0.3 is 5.97 Å². The summed E-state index contributed by atoms with van der Waals surface area (Å²) in [6.45, 7) is 8.53. The standard InChI is InChI=1S/C26H33ClN2O6/c1-3-5-7-9-12-19(28-35-18-23(32)29-13-10-8-11-14-29)16-20-24(26(33)34-15-6-4-2)21(30)17-22(31)25(20)27/h3-4,9,12,17,30-31H,1-2,5-8,10-11,13-16,18H2/b12-9+,28-19-. The number of ether oxygens (including phenoxy) is 1. The lowest BCUT2D eigenvalue weighted by Crippen LogP contribution is -2.37. The molecule has 0 atom stereocenters. The van der Waals surface area contributed by atoms with Gasteiger partial charge in [-0.25, -0.2) is 4.79 Å². The molecule has 35 heavy (non-hydrogen) atoms. The molecule has 2 rings (SSSR count). The third-order valence-corrected chi connectivity index (χ3v) is 5.79. The van der Waals surface area contributed by atoms with Gasteiger partial charge in [0.25, 0.3) is 5.91 Å². The minimum atomic E-state index is -0.794. The molecule has 8 nitrogen and oxygen atoms in total. The van der Waals surface area contributed by atoms with Crippen LogP contribution in [0.5, 0.6) is 11.5 Å². The van der Waals surface area contributed by atoms with Gasteiger partial charge in [-0.3, -0.25) is 4.79 Å². The molecule has 190 valence electrons. The second-order valence-electron chi connectivity index (χ2n) is 8.04. The Labute approximate surface area is 211 Å². The van der Waals surface area contributed by atoms with E-state index in [2.05, 4.69) is 18.3 Å². The molecule has 1 aliphatic heterocycles. The van der Waals surface area contributed by atoms with E-state index in [1.54, 1.807) is 23.1 Å². The van der Waals surface area contributed by atoms with Crippen molar-refractivity contribution >= 4 is 29.2 Å². The molecule has 0 unspecified atom stereocenters. The molecule has 0 aliphatic carbocycles. The molecule has 0 radical (unpaired) electrons. The summed E-state index contributed by atoms with van der Waals surface area (Å²) in [4.78, 5) is 32.2. The summed E-state index contributed by atoms with van der Waals surface area (Å²) in [5, 5.41) is 24.5. The fourth-order valence-electron chi connectivity index (χ4n) is 3.53. The maximum Gasteiger partial charge on any atom is 0.342 e. The highest BCUT2D eigenvalue weighted by Gasteiger charge is 2.24. The lowest BCUT2D eigenvalue weighted by Gasteiger charge is -2.26. The van der Waals surface area contributed by atoms with E-state index in [4.69, 9.17) is 21.2 Å². The second-order valence-corrected chi connectivity index (χ2v) is 8.42. The average molecular weight is 505 g/mol. The smallest absolute Gasteiger partial charge is 0.342 e. The Hall–Kier alpha value is -3.26. The van der Waals surface area contributed by atoms with E-state index >= 15 is 0 Å². The van der Waals surface area contributed by atoms with E-state index in [0.29, 0.717) is 31.6 Å². The van der Waals surface area contributed by atoms with Crippen LogP contribution in [0, 0.1) is 0 Å². The van der Waals surface area contributed by atoms with Crippen molar-refractivity contribution in [3.63, 3.8) is 0 Å². The van der Waals surface area contributed by atoms with Crippen LogP contribution in [0.25, 0.3) is 0 Å². The van der Waals surface area contributed by atoms with E-state index < -0.39 is 17.5 Å². The van der Waals surface area contributed by atoms with Gasteiger partial charge in [-0.1, -0.05) is 35.0 Å². The van der Waals surface area contributed by atoms with E-state index in [0.717, 1.165) is 31.7 Å². The Kier molecular flexibility index (Phi) is 11.9. The molecular weight excluding hydrogens is 472 g/mol. The van der Waals surface area contributed by atoms with E-state index in [1.807, 2.05) is 6.08 Å². The van der Waals surface area contributed by atoms with Crippen LogP contribution in [-0.2, 0) is 20.8 Å². The number of piperidine rings is 1. The quantitative estimate of drug-likeness (QED) is 0.129. The maximum absolute atomic E-state index is 12.7. The predicted octanol–water partition coefficient (Wildman–Crippen LogP) is 4.93. The van der Waals surface area contributed by atoms with Crippen molar-refractivity contribution in [3.8, 4) is 11.5 Å². The van der Waals surface area contributed by atoms with Crippen molar-refractivity contribution in [2.75, 3.05) is 26.3 Å². The lowest BCUT2D eigenvalue weighted by atomic mass is 9.99. The summed E-state index contributed by atoms with van der Waals surface area (Å²) in [5.74, 6) is -1.81. The highest BCUT2D eigenvalue weighted by Crippen LogP contribution is 2.37. The number of hydrogen-bond acceptors (Lipinski definition) is 7. The monoisotopic (exact) mass is 504 g/mol. The second kappa shape index (κ2) is 14.9. The number of carbonyl (C=O) groups is 2. The molecule has 0 bridgehead atoms. The van der Waals surface area contributed by atoms with E-state index in [9.17, 15) is 19.8 Å². The number of allylic oxidation sites excluding steroid dienone is 3. The third-order valence-electron chi connectivity index (χ3n) is 5.36. The first-order chi connectivity index (χ1) is 16.9. The van der Waals surface area contributed by atoms with Crippen molar-refractivity contribution in [2.45, 2.75) is 44.9 Å². The number of nitrogens with zero attached hydrogens (tertiary/aromatic N) is 2. The molecule has 0 saturated carbocycles. The summed E-state index contributed by atoms with van der Waals surface area (Å²) >= 11 is 6.31. The molecule has 0 spiro atoms. The normalized spacial score (nSPS) is 14.1. The zero-order valence-electron chi connectivity index (χ0n) is 19.9. The number of esters is 1. The number of unbranched alkanes of at least 4 members (excludes halogenated alkanes) is 1. The van der Waals surface area contributed by atoms with Crippen LogP contribution in [0.2, 0.25) is 5.02 Å². The minimum Gasteiger partial charge on any atom is -0.507 e. The number of halogens is 1. The van der Waals surface area contributed by atoms with Crippen LogP contribution < -0.4 is 0 Å². The van der Waals surface area contributed by atoms with Crippen molar-refractivity contribution in [1.29, 1.82) is 0 Å². The fraction of sp³-hybridized carbons (Fsp3) is 0.423. The largest absolute Gasteiger partial charge is 0.507 e. The number of hydrogen-bond donors (Lipinski definition) is 2. The van der Waals surface area contributed by atoms with Gasteiger partial charge in [0.2, 0.25) is 0 Å². The molecule has 1 fully saturated rings. The number of likely N-dealkylation sites (tertiary alicyclic amines) is 1. The van der Waals surface area contributed by atoms with Gasteiger partial charge in [0.1, 0.15) is 17.1 Å². The number of phenolic OH excluding ortho intramolecular Hbond substituents is 2. The van der Waals surface area contributed by atoms with Crippen molar-refractivity contribution in [2.24, 2.45) is 5.16 Å². The molecule has 1 aromatic rings. The van der Waals surface area contributed by atoms with Crippen LogP contribution in [-0.4, -0.2) is 59.0 Å². The topological polar surface area (TPSA) is 109 Å². The number of aromatic hydroxyl groups is 2. The van der Waals surface area contributed by atoms with Crippen LogP contribution in [0.3, 0.4) is 0 Å². The Balaban J connectivity index is 2.28. The minimum absolute atomic E-state index is 0.0603. The summed E-state index contributed by atoms with van der Waals surface area (Å²) in [6, 6.07) is 0.987.